The monoisotopic (exact) mass is 682 g/mol. The Morgan fingerprint density at radius 3 is 2.24 bits per heavy atom. The van der Waals surface area contributed by atoms with Crippen LogP contribution in [-0.2, 0) is 0 Å². The van der Waals surface area contributed by atoms with Gasteiger partial charge in [-0.1, -0.05) is 89.6 Å². The fourth-order valence-corrected chi connectivity index (χ4v) is 8.24. The van der Waals surface area contributed by atoms with Gasteiger partial charge in [-0.25, -0.2) is 0 Å². The zero-order valence-electron chi connectivity index (χ0n) is 26.1. The molecular formula is C39H38Cl2N3S2+. The number of hydrogen-bond donors (Lipinski definition) is 1. The summed E-state index contributed by atoms with van der Waals surface area (Å²) in [5.41, 5.74) is 8.63. The quantitative estimate of drug-likeness (QED) is 0.126. The third-order valence-corrected chi connectivity index (χ3v) is 10.7. The smallest absolute Gasteiger partial charge is 0.144 e. The molecule has 46 heavy (non-hydrogen) atoms. The fourth-order valence-electron chi connectivity index (χ4n) is 5.94. The molecule has 0 radical (unpaired) electrons. The van der Waals surface area contributed by atoms with E-state index in [1.54, 1.807) is 0 Å². The maximum absolute atomic E-state index is 6.38. The van der Waals surface area contributed by atoms with Crippen molar-refractivity contribution in [1.29, 1.82) is 0 Å². The van der Waals surface area contributed by atoms with E-state index in [2.05, 4.69) is 138 Å². The van der Waals surface area contributed by atoms with Crippen molar-refractivity contribution in [3.05, 3.63) is 153 Å². The van der Waals surface area contributed by atoms with Crippen molar-refractivity contribution in [1.82, 2.24) is 0 Å². The molecule has 2 N–H and O–H groups in total. The lowest BCUT2D eigenvalue weighted by molar-refractivity contribution is -0.570. The van der Waals surface area contributed by atoms with Gasteiger partial charge in [-0.2, -0.15) is 0 Å². The number of hydrogen-bond acceptors (Lipinski definition) is 4. The Balaban J connectivity index is 1.37. The highest BCUT2D eigenvalue weighted by atomic mass is 35.5. The Kier molecular flexibility index (Phi) is 11.0. The van der Waals surface area contributed by atoms with E-state index in [9.17, 15) is 0 Å². The highest BCUT2D eigenvalue weighted by molar-refractivity contribution is 8.03. The summed E-state index contributed by atoms with van der Waals surface area (Å²) in [5, 5.41) is 5.02. The summed E-state index contributed by atoms with van der Waals surface area (Å²) in [4.78, 5) is 7.28. The molecule has 0 fully saturated rings. The Bertz CT molecular complexity index is 1760. The lowest BCUT2D eigenvalue weighted by Crippen LogP contribution is -2.77. The maximum atomic E-state index is 6.38. The number of para-hydroxylation sites is 2. The van der Waals surface area contributed by atoms with Gasteiger partial charge in [0.15, 0.2) is 0 Å². The minimum atomic E-state index is 0.769. The molecule has 0 bridgehead atoms. The molecule has 4 aromatic carbocycles. The van der Waals surface area contributed by atoms with Gasteiger partial charge >= 0.3 is 0 Å². The molecule has 0 spiro atoms. The van der Waals surface area contributed by atoms with Crippen molar-refractivity contribution < 1.29 is 5.32 Å². The van der Waals surface area contributed by atoms with Gasteiger partial charge in [-0.05, 0) is 98.5 Å². The highest BCUT2D eigenvalue weighted by Crippen LogP contribution is 2.47. The van der Waals surface area contributed by atoms with Gasteiger partial charge in [0.1, 0.15) is 5.69 Å². The summed E-state index contributed by atoms with van der Waals surface area (Å²) in [6, 6.07) is 33.8. The van der Waals surface area contributed by atoms with Gasteiger partial charge < -0.3 is 15.1 Å². The molecule has 0 saturated heterocycles. The number of anilines is 3. The minimum absolute atomic E-state index is 0.769. The van der Waals surface area contributed by atoms with E-state index in [1.165, 1.54) is 43.0 Å². The molecule has 3 nitrogen and oxygen atoms in total. The molecular weight excluding hydrogens is 645 g/mol. The van der Waals surface area contributed by atoms with Crippen LogP contribution in [0.25, 0.3) is 0 Å². The van der Waals surface area contributed by atoms with Crippen LogP contribution in [0.3, 0.4) is 0 Å². The zero-order chi connectivity index (χ0) is 31.9. The Morgan fingerprint density at radius 2 is 1.54 bits per heavy atom. The van der Waals surface area contributed by atoms with Gasteiger partial charge in [0.05, 0.1) is 27.9 Å². The summed E-state index contributed by atoms with van der Waals surface area (Å²) in [6.45, 7) is 6.22. The van der Waals surface area contributed by atoms with Crippen molar-refractivity contribution in [3.8, 4) is 0 Å². The number of allylic oxidation sites excluding steroid dienone is 5. The molecule has 0 amide bonds. The molecule has 0 atom stereocenters. The van der Waals surface area contributed by atoms with E-state index < -0.39 is 0 Å². The number of benzene rings is 4. The van der Waals surface area contributed by atoms with E-state index >= 15 is 0 Å². The summed E-state index contributed by atoms with van der Waals surface area (Å²) in [7, 11) is 0. The fraction of sp³-hybridized carbons (Fsp3) is 0.179. The van der Waals surface area contributed by atoms with Crippen molar-refractivity contribution in [2.24, 2.45) is 0 Å². The van der Waals surface area contributed by atoms with Gasteiger partial charge in [-0.3, -0.25) is 0 Å². The van der Waals surface area contributed by atoms with Crippen LogP contribution >= 0.6 is 46.7 Å². The number of nitrogens with zero attached hydrogens (tertiary/aromatic N) is 2. The molecule has 6 rings (SSSR count). The standard InChI is InChI=1S/C39H37Cl2N3S2/c1-3-42-34-26-30(40)20-22-36(34)45-25-11-12-28-17-18-29(19-24-38-43(4-2)35-27-31(41)21-23-37(35)46-38)39(28)44(32-13-7-5-8-14-32)33-15-9-6-10-16-33/h5-16,19-24,26-27,42H,3-4,17-18,25H2,1-2H3/p+1/b12-11+,29-19-,38-24+. The first-order valence-corrected chi connectivity index (χ1v) is 18.3. The average Bonchev–Trinajstić information content (AvgIpc) is 3.64. The second-order valence-corrected chi connectivity index (χ2v) is 14.0. The lowest BCUT2D eigenvalue weighted by atomic mass is 10.1. The van der Waals surface area contributed by atoms with Crippen molar-refractivity contribution in [3.63, 3.8) is 0 Å². The summed E-state index contributed by atoms with van der Waals surface area (Å²) >= 11 is 16.3. The molecule has 0 saturated carbocycles. The third kappa shape index (κ3) is 7.46. The highest BCUT2D eigenvalue weighted by Gasteiger charge is 2.27. The third-order valence-electron chi connectivity index (χ3n) is 8.01. The average molecular weight is 684 g/mol. The normalized spacial score (nSPS) is 16.3. The first kappa shape index (κ1) is 32.6. The first-order chi connectivity index (χ1) is 22.6. The summed E-state index contributed by atoms with van der Waals surface area (Å²) in [6.07, 6.45) is 11.2. The van der Waals surface area contributed by atoms with Crippen molar-refractivity contribution in [2.75, 3.05) is 28.6 Å². The summed E-state index contributed by atoms with van der Waals surface area (Å²) in [5.74, 6) is 0.881. The van der Waals surface area contributed by atoms with E-state index in [0.717, 1.165) is 53.1 Å². The van der Waals surface area contributed by atoms with E-state index in [-0.39, 0.29) is 0 Å². The van der Waals surface area contributed by atoms with Crippen molar-refractivity contribution in [2.45, 2.75) is 36.5 Å². The van der Waals surface area contributed by atoms with Crippen molar-refractivity contribution >= 4 is 69.5 Å². The molecule has 2 aliphatic rings. The topological polar surface area (TPSA) is 23.1 Å². The molecule has 0 unspecified atom stereocenters. The number of rotatable bonds is 11. The molecule has 1 aliphatic carbocycles. The number of quaternary nitrogens is 1. The zero-order valence-corrected chi connectivity index (χ0v) is 29.3. The van der Waals surface area contributed by atoms with Crippen LogP contribution in [0.1, 0.15) is 26.7 Å². The van der Waals surface area contributed by atoms with E-state index in [4.69, 9.17) is 23.2 Å². The molecule has 0 aromatic heterocycles. The van der Waals surface area contributed by atoms with E-state index in [1.807, 2.05) is 35.7 Å². The van der Waals surface area contributed by atoms with Gasteiger partial charge in [0.2, 0.25) is 0 Å². The van der Waals surface area contributed by atoms with Crippen LogP contribution in [0.5, 0.6) is 0 Å². The predicted octanol–water partition coefficient (Wildman–Crippen LogP) is 11.1. The first-order valence-electron chi connectivity index (χ1n) is 15.8. The minimum Gasteiger partial charge on any atom is -0.335 e. The molecule has 234 valence electrons. The van der Waals surface area contributed by atoms with Crippen LogP contribution in [0.4, 0.5) is 22.7 Å². The SMILES string of the molecule is CC[NH2+]c1cc(Cl)ccc1SC/C=C/C1=C(N(c2ccccc2)c2ccccc2)C(=C\C=C2\Sc3ccc(Cl)cc3N2CC)/CC1. The Hall–Kier alpha value is -3.32. The van der Waals surface area contributed by atoms with Crippen LogP contribution in [0.2, 0.25) is 10.0 Å². The van der Waals surface area contributed by atoms with E-state index in [0.29, 0.717) is 0 Å². The maximum Gasteiger partial charge on any atom is 0.144 e. The Labute approximate surface area is 291 Å². The number of fused-ring (bicyclic) bond motifs is 1. The molecule has 1 heterocycles. The predicted molar refractivity (Wildman–Crippen MR) is 201 cm³/mol. The van der Waals surface area contributed by atoms with Gasteiger partial charge in [0.25, 0.3) is 0 Å². The Morgan fingerprint density at radius 1 is 0.848 bits per heavy atom. The van der Waals surface area contributed by atoms with Crippen LogP contribution in [-0.4, -0.2) is 18.8 Å². The van der Waals surface area contributed by atoms with Crippen LogP contribution < -0.4 is 15.1 Å². The number of halogens is 2. The summed E-state index contributed by atoms with van der Waals surface area (Å²) < 4.78 is 0. The largest absolute Gasteiger partial charge is 0.335 e. The lowest BCUT2D eigenvalue weighted by Gasteiger charge is -2.28. The van der Waals surface area contributed by atoms with Crippen LogP contribution in [0.15, 0.2) is 153 Å². The molecule has 4 aromatic rings. The second kappa shape index (κ2) is 15.5. The molecule has 7 heteroatoms. The second-order valence-electron chi connectivity index (χ2n) is 11.0. The number of nitrogens with two attached hydrogens (primary N) is 1. The van der Waals surface area contributed by atoms with Gasteiger partial charge in [0, 0.05) is 44.7 Å². The molecule has 1 aliphatic heterocycles. The van der Waals surface area contributed by atoms with Gasteiger partial charge in [-0.15, -0.1) is 11.8 Å². The number of thioether (sulfide) groups is 2. The van der Waals surface area contributed by atoms with Crippen LogP contribution in [0, 0.1) is 0 Å².